The number of hydrazine groups is 1. The number of aryl methyl sites for hydroxylation is 1. The van der Waals surface area contributed by atoms with Gasteiger partial charge < -0.3 is 0 Å². The number of aromatic nitrogens is 1. The third kappa shape index (κ3) is 2.71. The van der Waals surface area contributed by atoms with Gasteiger partial charge in [-0.05, 0) is 24.1 Å². The van der Waals surface area contributed by atoms with Crippen molar-refractivity contribution in [1.29, 1.82) is 0 Å². The number of nitrogens with one attached hydrogen (secondary N) is 1. The Morgan fingerprint density at radius 1 is 1.56 bits per heavy atom. The van der Waals surface area contributed by atoms with Crippen LogP contribution in [0.15, 0.2) is 18.5 Å². The van der Waals surface area contributed by atoms with Crippen LogP contribution < -0.4 is 11.3 Å². The topological polar surface area (TPSA) is 50.9 Å². The van der Waals surface area contributed by atoms with E-state index in [2.05, 4.69) is 17.3 Å². The van der Waals surface area contributed by atoms with Gasteiger partial charge in [-0.15, -0.1) is 0 Å². The van der Waals surface area contributed by atoms with E-state index in [1.165, 1.54) is 22.6 Å². The Hall–Kier alpha value is -0.230. The Kier molecular flexibility index (Phi) is 4.52. The van der Waals surface area contributed by atoms with Crippen LogP contribution in [0, 0.1) is 6.92 Å². The van der Waals surface area contributed by atoms with Crippen LogP contribution in [-0.4, -0.2) is 27.5 Å². The fraction of sp³-hybridized carbons (Fsp3) is 0.545. The molecule has 3 nitrogen and oxygen atoms in total. The summed E-state index contributed by atoms with van der Waals surface area (Å²) in [7, 11) is 0. The molecule has 1 aliphatic heterocycles. The molecule has 1 aliphatic rings. The molecule has 0 aromatic carbocycles. The second-order valence-corrected chi connectivity index (χ2v) is 6.36. The first-order valence-electron chi connectivity index (χ1n) is 5.39. The number of pyridine rings is 1. The van der Waals surface area contributed by atoms with E-state index in [4.69, 9.17) is 5.84 Å². The number of nitrogens with two attached hydrogens (primary N) is 1. The van der Waals surface area contributed by atoms with E-state index in [1.54, 1.807) is 0 Å². The molecule has 0 radical (unpaired) electrons. The van der Waals surface area contributed by atoms with Crippen molar-refractivity contribution in [2.24, 2.45) is 5.84 Å². The summed E-state index contributed by atoms with van der Waals surface area (Å²) < 4.78 is 0. The molecule has 0 bridgehead atoms. The fourth-order valence-electron chi connectivity index (χ4n) is 1.90. The summed E-state index contributed by atoms with van der Waals surface area (Å²) in [5.41, 5.74) is 5.44. The normalized spacial score (nSPS) is 23.0. The van der Waals surface area contributed by atoms with Crippen LogP contribution in [0.2, 0.25) is 0 Å². The van der Waals surface area contributed by atoms with Gasteiger partial charge in [0, 0.05) is 34.9 Å². The molecule has 0 saturated carbocycles. The molecular formula is C11H17N3S2. The summed E-state index contributed by atoms with van der Waals surface area (Å²) in [6.45, 7) is 2.11. The number of thioether (sulfide) groups is 2. The second-order valence-electron chi connectivity index (χ2n) is 3.86. The molecule has 2 heterocycles. The van der Waals surface area contributed by atoms with Crippen molar-refractivity contribution in [3.8, 4) is 0 Å². The van der Waals surface area contributed by atoms with Crippen molar-refractivity contribution in [2.75, 3.05) is 17.3 Å². The van der Waals surface area contributed by atoms with Crippen molar-refractivity contribution >= 4 is 23.5 Å². The molecule has 0 amide bonds. The Bertz CT molecular complexity index is 340. The summed E-state index contributed by atoms with van der Waals surface area (Å²) >= 11 is 4.02. The summed E-state index contributed by atoms with van der Waals surface area (Å²) in [5, 5.41) is 0.548. The number of hydrogen-bond acceptors (Lipinski definition) is 5. The Morgan fingerprint density at radius 2 is 2.44 bits per heavy atom. The molecule has 1 saturated heterocycles. The van der Waals surface area contributed by atoms with Gasteiger partial charge in [0.2, 0.25) is 0 Å². The lowest BCUT2D eigenvalue weighted by Crippen LogP contribution is -2.38. The lowest BCUT2D eigenvalue weighted by molar-refractivity contribution is 0.548. The van der Waals surface area contributed by atoms with Gasteiger partial charge in [-0.3, -0.25) is 16.3 Å². The van der Waals surface area contributed by atoms with Gasteiger partial charge in [0.25, 0.3) is 0 Å². The number of nitrogens with zero attached hydrogens (tertiary/aromatic N) is 1. The first-order chi connectivity index (χ1) is 7.83. The molecular weight excluding hydrogens is 238 g/mol. The molecule has 1 aromatic heterocycles. The second kappa shape index (κ2) is 5.91. The molecule has 0 aliphatic carbocycles. The van der Waals surface area contributed by atoms with Crippen molar-refractivity contribution < 1.29 is 0 Å². The summed E-state index contributed by atoms with van der Waals surface area (Å²) in [5.74, 6) is 9.33. The largest absolute Gasteiger partial charge is 0.271 e. The first kappa shape index (κ1) is 12.2. The minimum Gasteiger partial charge on any atom is -0.271 e. The predicted octanol–water partition coefficient (Wildman–Crippen LogP) is 1.74. The Morgan fingerprint density at radius 3 is 3.06 bits per heavy atom. The van der Waals surface area contributed by atoms with Gasteiger partial charge in [0.15, 0.2) is 0 Å². The zero-order chi connectivity index (χ0) is 11.4. The van der Waals surface area contributed by atoms with Crippen LogP contribution in [0.25, 0.3) is 0 Å². The molecule has 1 aromatic rings. The maximum absolute atomic E-state index is 5.70. The van der Waals surface area contributed by atoms with E-state index in [1.807, 2.05) is 42.0 Å². The Balaban J connectivity index is 2.18. The van der Waals surface area contributed by atoms with Crippen molar-refractivity contribution in [3.63, 3.8) is 0 Å². The van der Waals surface area contributed by atoms with Gasteiger partial charge in [0.1, 0.15) is 0 Å². The molecule has 88 valence electrons. The van der Waals surface area contributed by atoms with Gasteiger partial charge in [-0.2, -0.15) is 23.5 Å². The highest BCUT2D eigenvalue weighted by atomic mass is 32.2. The van der Waals surface area contributed by atoms with Crippen LogP contribution in [0.5, 0.6) is 0 Å². The molecule has 2 atom stereocenters. The quantitative estimate of drug-likeness (QED) is 0.636. The molecule has 3 N–H and O–H groups in total. The lowest BCUT2D eigenvalue weighted by atomic mass is 10.0. The average molecular weight is 255 g/mol. The average Bonchev–Trinajstić information content (AvgIpc) is 2.34. The van der Waals surface area contributed by atoms with E-state index in [0.29, 0.717) is 5.25 Å². The maximum Gasteiger partial charge on any atom is 0.0604 e. The van der Waals surface area contributed by atoms with Crippen molar-refractivity contribution in [1.82, 2.24) is 10.4 Å². The van der Waals surface area contributed by atoms with Crippen LogP contribution in [0.1, 0.15) is 17.2 Å². The summed E-state index contributed by atoms with van der Waals surface area (Å²) in [6.07, 6.45) is 3.76. The highest BCUT2D eigenvalue weighted by molar-refractivity contribution is 8.06. The van der Waals surface area contributed by atoms with Gasteiger partial charge in [0.05, 0.1) is 6.04 Å². The smallest absolute Gasteiger partial charge is 0.0604 e. The van der Waals surface area contributed by atoms with E-state index >= 15 is 0 Å². The van der Waals surface area contributed by atoms with E-state index in [9.17, 15) is 0 Å². The first-order valence-corrected chi connectivity index (χ1v) is 7.59. The highest BCUT2D eigenvalue weighted by Gasteiger charge is 2.26. The monoisotopic (exact) mass is 255 g/mol. The zero-order valence-corrected chi connectivity index (χ0v) is 11.0. The summed E-state index contributed by atoms with van der Waals surface area (Å²) in [6, 6.07) is 2.26. The van der Waals surface area contributed by atoms with E-state index in [-0.39, 0.29) is 6.04 Å². The Labute approximate surface area is 105 Å². The SMILES string of the molecule is Cc1ccncc1C(NN)C1CSCCS1. The van der Waals surface area contributed by atoms with Gasteiger partial charge >= 0.3 is 0 Å². The van der Waals surface area contributed by atoms with Crippen LogP contribution in [-0.2, 0) is 0 Å². The molecule has 2 unspecified atom stereocenters. The minimum absolute atomic E-state index is 0.214. The van der Waals surface area contributed by atoms with Crippen molar-refractivity contribution in [3.05, 3.63) is 29.6 Å². The third-order valence-electron chi connectivity index (χ3n) is 2.81. The molecule has 16 heavy (non-hydrogen) atoms. The predicted molar refractivity (Wildman–Crippen MR) is 72.6 cm³/mol. The molecule has 5 heteroatoms. The van der Waals surface area contributed by atoms with Gasteiger partial charge in [-0.25, -0.2) is 0 Å². The molecule has 0 spiro atoms. The van der Waals surface area contributed by atoms with E-state index in [0.717, 1.165) is 5.75 Å². The zero-order valence-electron chi connectivity index (χ0n) is 9.35. The molecule has 1 fully saturated rings. The number of hydrogen-bond donors (Lipinski definition) is 2. The molecule has 2 rings (SSSR count). The third-order valence-corrected chi connectivity index (χ3v) is 5.67. The van der Waals surface area contributed by atoms with Crippen LogP contribution in [0.3, 0.4) is 0 Å². The fourth-order valence-corrected chi connectivity index (χ4v) is 4.74. The lowest BCUT2D eigenvalue weighted by Gasteiger charge is -2.29. The van der Waals surface area contributed by atoms with E-state index < -0.39 is 0 Å². The minimum atomic E-state index is 0.214. The summed E-state index contributed by atoms with van der Waals surface area (Å²) in [4.78, 5) is 4.20. The highest BCUT2D eigenvalue weighted by Crippen LogP contribution is 2.33. The van der Waals surface area contributed by atoms with Gasteiger partial charge in [-0.1, -0.05) is 0 Å². The van der Waals surface area contributed by atoms with Crippen LogP contribution >= 0.6 is 23.5 Å². The number of rotatable bonds is 3. The maximum atomic E-state index is 5.70. The van der Waals surface area contributed by atoms with Crippen LogP contribution in [0.4, 0.5) is 0 Å². The van der Waals surface area contributed by atoms with Crippen molar-refractivity contribution in [2.45, 2.75) is 18.2 Å². The standard InChI is InChI=1S/C11H17N3S2/c1-8-2-3-13-6-9(8)11(14-12)10-7-15-4-5-16-10/h2-3,6,10-11,14H,4-5,7,12H2,1H3.